The highest BCUT2D eigenvalue weighted by Gasteiger charge is 2.28. The van der Waals surface area contributed by atoms with E-state index in [0.717, 1.165) is 12.4 Å². The van der Waals surface area contributed by atoms with E-state index in [1.807, 2.05) is 46.7 Å². The maximum absolute atomic E-state index is 12.6. The van der Waals surface area contributed by atoms with E-state index in [0.29, 0.717) is 26.2 Å². The molecule has 7 nitrogen and oxygen atoms in total. The van der Waals surface area contributed by atoms with Crippen molar-refractivity contribution in [2.24, 2.45) is 7.05 Å². The number of morpholine rings is 1. The Morgan fingerprint density at radius 1 is 1.38 bits per heavy atom. The van der Waals surface area contributed by atoms with Crippen molar-refractivity contribution >= 4 is 5.91 Å². The van der Waals surface area contributed by atoms with Gasteiger partial charge in [0.2, 0.25) is 5.91 Å². The van der Waals surface area contributed by atoms with E-state index in [1.54, 1.807) is 6.33 Å². The third-order valence-electron chi connectivity index (χ3n) is 4.15. The molecule has 2 heterocycles. The Morgan fingerprint density at radius 3 is 2.88 bits per heavy atom. The molecule has 1 aliphatic rings. The van der Waals surface area contributed by atoms with Crippen LogP contribution in [-0.4, -0.2) is 63.8 Å². The fourth-order valence-corrected chi connectivity index (χ4v) is 2.90. The molecule has 0 aliphatic carbocycles. The van der Waals surface area contributed by atoms with E-state index in [2.05, 4.69) is 22.3 Å². The van der Waals surface area contributed by atoms with Gasteiger partial charge < -0.3 is 14.2 Å². The Bertz CT molecular complexity index is 673. The number of aryl methyl sites for hydroxylation is 1. The third kappa shape index (κ3) is 3.98. The largest absolute Gasteiger partial charge is 0.366 e. The first-order valence-corrected chi connectivity index (χ1v) is 8.09. The highest BCUT2D eigenvalue weighted by atomic mass is 16.5. The molecule has 0 saturated carbocycles. The van der Waals surface area contributed by atoms with Crippen LogP contribution in [0.25, 0.3) is 0 Å². The third-order valence-corrected chi connectivity index (χ3v) is 4.15. The van der Waals surface area contributed by atoms with Gasteiger partial charge in [-0.15, -0.1) is 10.2 Å². The summed E-state index contributed by atoms with van der Waals surface area (Å²) in [5.74, 6) is 0.869. The van der Waals surface area contributed by atoms with Gasteiger partial charge in [-0.25, -0.2) is 0 Å². The first-order valence-electron chi connectivity index (χ1n) is 8.09. The van der Waals surface area contributed by atoms with Crippen LogP contribution in [0.3, 0.4) is 0 Å². The molecule has 3 rings (SSSR count). The van der Waals surface area contributed by atoms with Gasteiger partial charge in [-0.05, 0) is 12.6 Å². The number of hydrogen-bond donors (Lipinski definition) is 0. The van der Waals surface area contributed by atoms with Crippen molar-refractivity contribution in [1.82, 2.24) is 24.6 Å². The summed E-state index contributed by atoms with van der Waals surface area (Å²) < 4.78 is 7.59. The molecule has 7 heteroatoms. The fraction of sp³-hybridized carbons (Fsp3) is 0.471. The van der Waals surface area contributed by atoms with Crippen molar-refractivity contribution in [1.29, 1.82) is 0 Å². The average molecular weight is 329 g/mol. The molecule has 1 unspecified atom stereocenters. The van der Waals surface area contributed by atoms with Crippen LogP contribution in [0.2, 0.25) is 0 Å². The Labute approximate surface area is 141 Å². The number of benzene rings is 1. The Balaban J connectivity index is 1.55. The van der Waals surface area contributed by atoms with Gasteiger partial charge >= 0.3 is 0 Å². The summed E-state index contributed by atoms with van der Waals surface area (Å²) in [6.45, 7) is 2.80. The number of carbonyl (C=O) groups excluding carboxylic acids is 1. The maximum atomic E-state index is 12.6. The molecule has 24 heavy (non-hydrogen) atoms. The molecule has 1 amide bonds. The van der Waals surface area contributed by atoms with Crippen LogP contribution in [-0.2, 0) is 23.1 Å². The Hall–Kier alpha value is -2.25. The molecule has 1 aliphatic heterocycles. The summed E-state index contributed by atoms with van der Waals surface area (Å²) in [5, 5.41) is 7.97. The second-order valence-electron chi connectivity index (χ2n) is 6.16. The van der Waals surface area contributed by atoms with E-state index in [-0.39, 0.29) is 12.0 Å². The summed E-state index contributed by atoms with van der Waals surface area (Å²) in [4.78, 5) is 16.5. The van der Waals surface area contributed by atoms with Crippen LogP contribution in [0.15, 0.2) is 36.7 Å². The smallest absolute Gasteiger partial charge is 0.236 e. The van der Waals surface area contributed by atoms with Gasteiger partial charge in [0.25, 0.3) is 0 Å². The maximum Gasteiger partial charge on any atom is 0.236 e. The summed E-state index contributed by atoms with van der Waals surface area (Å²) in [6, 6.07) is 10.2. The molecule has 1 atom stereocenters. The minimum Gasteiger partial charge on any atom is -0.366 e. The number of amides is 1. The highest BCUT2D eigenvalue weighted by Crippen LogP contribution is 2.20. The van der Waals surface area contributed by atoms with Crippen molar-refractivity contribution in [2.45, 2.75) is 12.6 Å². The molecular formula is C17H23N5O2. The second-order valence-corrected chi connectivity index (χ2v) is 6.16. The molecule has 0 radical (unpaired) electrons. The van der Waals surface area contributed by atoms with Crippen molar-refractivity contribution in [2.75, 3.05) is 33.3 Å². The fourth-order valence-electron chi connectivity index (χ4n) is 2.90. The van der Waals surface area contributed by atoms with E-state index in [9.17, 15) is 4.79 Å². The van der Waals surface area contributed by atoms with Gasteiger partial charge in [-0.3, -0.25) is 9.69 Å². The van der Waals surface area contributed by atoms with Gasteiger partial charge in [0.1, 0.15) is 12.4 Å². The zero-order valence-electron chi connectivity index (χ0n) is 14.1. The molecule has 1 aromatic heterocycles. The molecule has 2 aromatic rings. The van der Waals surface area contributed by atoms with Crippen LogP contribution in [0.4, 0.5) is 0 Å². The standard InChI is InChI=1S/C17H23N5O2/c1-20(10-14-6-4-3-5-7-14)12-16(23)22-8-9-24-15(11-22)17-19-18-13-21(17)2/h3-7,13,15H,8-12H2,1-2H3. The van der Waals surface area contributed by atoms with Crippen molar-refractivity contribution < 1.29 is 9.53 Å². The summed E-state index contributed by atoms with van der Waals surface area (Å²) >= 11 is 0. The quantitative estimate of drug-likeness (QED) is 0.814. The lowest BCUT2D eigenvalue weighted by molar-refractivity contribution is -0.140. The minimum atomic E-state index is -0.213. The summed E-state index contributed by atoms with van der Waals surface area (Å²) in [7, 11) is 3.85. The van der Waals surface area contributed by atoms with Crippen LogP contribution < -0.4 is 0 Å². The SMILES string of the molecule is CN(CC(=O)N1CCOC(c2nncn2C)C1)Cc1ccccc1. The topological polar surface area (TPSA) is 63.5 Å². The number of rotatable bonds is 5. The molecule has 1 aromatic carbocycles. The zero-order valence-corrected chi connectivity index (χ0v) is 14.1. The Kier molecular flexibility index (Phi) is 5.22. The number of nitrogens with zero attached hydrogens (tertiary/aromatic N) is 5. The summed E-state index contributed by atoms with van der Waals surface area (Å²) in [5.41, 5.74) is 1.20. The van der Waals surface area contributed by atoms with Gasteiger partial charge in [-0.2, -0.15) is 0 Å². The lowest BCUT2D eigenvalue weighted by atomic mass is 10.2. The minimum absolute atomic E-state index is 0.115. The highest BCUT2D eigenvalue weighted by molar-refractivity contribution is 5.78. The lowest BCUT2D eigenvalue weighted by Gasteiger charge is -2.33. The van der Waals surface area contributed by atoms with Crippen LogP contribution in [0.1, 0.15) is 17.5 Å². The van der Waals surface area contributed by atoms with Crippen molar-refractivity contribution in [3.8, 4) is 0 Å². The van der Waals surface area contributed by atoms with Crippen LogP contribution in [0, 0.1) is 0 Å². The first kappa shape index (κ1) is 16.6. The zero-order chi connectivity index (χ0) is 16.9. The van der Waals surface area contributed by atoms with E-state index >= 15 is 0 Å². The van der Waals surface area contributed by atoms with Crippen LogP contribution in [0.5, 0.6) is 0 Å². The molecule has 128 valence electrons. The van der Waals surface area contributed by atoms with Gasteiger partial charge in [0.15, 0.2) is 5.82 Å². The first-order chi connectivity index (χ1) is 11.6. The normalized spacial score (nSPS) is 18.1. The monoisotopic (exact) mass is 329 g/mol. The van der Waals surface area contributed by atoms with E-state index in [4.69, 9.17) is 4.74 Å². The Morgan fingerprint density at radius 2 is 2.17 bits per heavy atom. The lowest BCUT2D eigenvalue weighted by Crippen LogP contribution is -2.46. The van der Waals surface area contributed by atoms with Crippen LogP contribution >= 0.6 is 0 Å². The molecule has 0 bridgehead atoms. The van der Waals surface area contributed by atoms with Crippen molar-refractivity contribution in [3.63, 3.8) is 0 Å². The predicted molar refractivity (Wildman–Crippen MR) is 89.1 cm³/mol. The number of likely N-dealkylation sites (N-methyl/N-ethyl adjacent to an activating group) is 1. The molecule has 0 N–H and O–H groups in total. The number of ether oxygens (including phenoxy) is 1. The second kappa shape index (κ2) is 7.55. The van der Waals surface area contributed by atoms with Crippen molar-refractivity contribution in [3.05, 3.63) is 48.0 Å². The molecule has 1 fully saturated rings. The van der Waals surface area contributed by atoms with E-state index < -0.39 is 0 Å². The molecular weight excluding hydrogens is 306 g/mol. The van der Waals surface area contributed by atoms with E-state index in [1.165, 1.54) is 5.56 Å². The molecule has 0 spiro atoms. The number of hydrogen-bond acceptors (Lipinski definition) is 5. The van der Waals surface area contributed by atoms with Gasteiger partial charge in [0, 0.05) is 20.1 Å². The van der Waals surface area contributed by atoms with Gasteiger partial charge in [-0.1, -0.05) is 30.3 Å². The summed E-state index contributed by atoms with van der Waals surface area (Å²) in [6.07, 6.45) is 1.43. The number of aromatic nitrogens is 3. The van der Waals surface area contributed by atoms with Gasteiger partial charge in [0.05, 0.1) is 19.7 Å². The molecule has 1 saturated heterocycles. The predicted octanol–water partition coefficient (Wildman–Crippen LogP) is 0.847. The number of carbonyl (C=O) groups is 1. The average Bonchev–Trinajstić information content (AvgIpc) is 3.02.